The van der Waals surface area contributed by atoms with Crippen molar-refractivity contribution in [3.05, 3.63) is 83.4 Å². The highest BCUT2D eigenvalue weighted by Crippen LogP contribution is 2.40. The number of nitrogens with one attached hydrogen (secondary N) is 1. The summed E-state index contributed by atoms with van der Waals surface area (Å²) in [5.74, 6) is 3.34. The smallest absolute Gasteiger partial charge is 0.164 e. The van der Waals surface area contributed by atoms with Gasteiger partial charge in [-0.1, -0.05) is 36.4 Å². The molecule has 0 radical (unpaired) electrons. The lowest BCUT2D eigenvalue weighted by atomic mass is 9.89. The molecule has 1 aliphatic heterocycles. The maximum Gasteiger partial charge on any atom is 0.164 e. The van der Waals surface area contributed by atoms with Gasteiger partial charge >= 0.3 is 0 Å². The number of methoxy groups -OCH3 is 1. The molecular formula is C24H25NO3. The Labute approximate surface area is 166 Å². The number of para-hydroxylation sites is 1. The second-order valence-electron chi connectivity index (χ2n) is 6.72. The van der Waals surface area contributed by atoms with Crippen molar-refractivity contribution in [2.45, 2.75) is 19.4 Å². The number of benzene rings is 3. The zero-order valence-corrected chi connectivity index (χ0v) is 16.3. The molecule has 1 N–H and O–H groups in total. The molecule has 4 nitrogen and oxygen atoms in total. The van der Waals surface area contributed by atoms with Crippen LogP contribution in [-0.2, 0) is 6.42 Å². The fourth-order valence-corrected chi connectivity index (χ4v) is 3.72. The standard InChI is InChI=1S/C24H25NO3/c1-3-27-24-21-15-16-25-23(20(21)13-14-22(24)26-2)17-9-11-19(12-10-17)28-18-7-5-4-6-8-18/h4-14,23,25H,3,15-16H2,1-2H3. The maximum atomic E-state index is 5.92. The van der Waals surface area contributed by atoms with Gasteiger partial charge in [0.15, 0.2) is 11.5 Å². The highest BCUT2D eigenvalue weighted by Gasteiger charge is 2.26. The summed E-state index contributed by atoms with van der Waals surface area (Å²) in [6.07, 6.45) is 0.924. The van der Waals surface area contributed by atoms with E-state index >= 15 is 0 Å². The molecule has 28 heavy (non-hydrogen) atoms. The number of fused-ring (bicyclic) bond motifs is 1. The summed E-state index contributed by atoms with van der Waals surface area (Å²) in [7, 11) is 1.69. The Morgan fingerprint density at radius 2 is 1.68 bits per heavy atom. The van der Waals surface area contributed by atoms with Crippen molar-refractivity contribution in [3.63, 3.8) is 0 Å². The molecule has 3 aromatic rings. The Morgan fingerprint density at radius 3 is 2.39 bits per heavy atom. The van der Waals surface area contributed by atoms with Crippen molar-refractivity contribution >= 4 is 0 Å². The highest BCUT2D eigenvalue weighted by molar-refractivity contribution is 5.55. The molecule has 0 amide bonds. The van der Waals surface area contributed by atoms with Crippen LogP contribution in [0, 0.1) is 0 Å². The third kappa shape index (κ3) is 3.69. The minimum atomic E-state index is 0.125. The Bertz CT molecular complexity index is 923. The van der Waals surface area contributed by atoms with Crippen LogP contribution in [0.25, 0.3) is 0 Å². The number of ether oxygens (including phenoxy) is 3. The molecule has 144 valence electrons. The second-order valence-corrected chi connectivity index (χ2v) is 6.72. The van der Waals surface area contributed by atoms with Crippen molar-refractivity contribution in [1.29, 1.82) is 0 Å². The fraction of sp³-hybridized carbons (Fsp3) is 0.250. The maximum absolute atomic E-state index is 5.92. The van der Waals surface area contributed by atoms with E-state index in [9.17, 15) is 0 Å². The van der Waals surface area contributed by atoms with Gasteiger partial charge in [-0.05, 0) is 54.8 Å². The van der Waals surface area contributed by atoms with Gasteiger partial charge in [0.25, 0.3) is 0 Å². The minimum absolute atomic E-state index is 0.125. The average Bonchev–Trinajstić information content (AvgIpc) is 2.75. The van der Waals surface area contributed by atoms with Crippen molar-refractivity contribution < 1.29 is 14.2 Å². The SMILES string of the molecule is CCOc1c(OC)ccc2c1CCNC2c1ccc(Oc2ccccc2)cc1. The number of hydrogen-bond acceptors (Lipinski definition) is 4. The summed E-state index contributed by atoms with van der Waals surface area (Å²) in [6.45, 7) is 3.52. The van der Waals surface area contributed by atoms with Gasteiger partial charge in [0.2, 0.25) is 0 Å². The van der Waals surface area contributed by atoms with Crippen LogP contribution in [0.15, 0.2) is 66.7 Å². The average molecular weight is 375 g/mol. The normalized spacial score (nSPS) is 15.6. The molecule has 0 aromatic heterocycles. The van der Waals surface area contributed by atoms with Crippen molar-refractivity contribution in [2.24, 2.45) is 0 Å². The van der Waals surface area contributed by atoms with Crippen LogP contribution in [0.5, 0.6) is 23.0 Å². The highest BCUT2D eigenvalue weighted by atomic mass is 16.5. The Balaban J connectivity index is 1.62. The first-order valence-corrected chi connectivity index (χ1v) is 9.69. The predicted octanol–water partition coefficient (Wildman–Crippen LogP) is 5.12. The third-order valence-electron chi connectivity index (χ3n) is 5.00. The van der Waals surface area contributed by atoms with Gasteiger partial charge in [-0.2, -0.15) is 0 Å². The van der Waals surface area contributed by atoms with Gasteiger partial charge in [-0.25, -0.2) is 0 Å². The van der Waals surface area contributed by atoms with Crippen LogP contribution in [0.1, 0.15) is 29.7 Å². The monoisotopic (exact) mass is 375 g/mol. The summed E-state index contributed by atoms with van der Waals surface area (Å²) >= 11 is 0. The fourth-order valence-electron chi connectivity index (χ4n) is 3.72. The van der Waals surface area contributed by atoms with E-state index in [1.807, 2.05) is 55.5 Å². The molecule has 0 aliphatic carbocycles. The lowest BCUT2D eigenvalue weighted by molar-refractivity contribution is 0.305. The molecule has 0 saturated carbocycles. The second kappa shape index (κ2) is 8.36. The van der Waals surface area contributed by atoms with Gasteiger partial charge in [-0.15, -0.1) is 0 Å². The number of rotatable bonds is 6. The first-order chi connectivity index (χ1) is 13.8. The van der Waals surface area contributed by atoms with E-state index < -0.39 is 0 Å². The van der Waals surface area contributed by atoms with E-state index in [0.29, 0.717) is 6.61 Å². The number of hydrogen-bond donors (Lipinski definition) is 1. The lowest BCUT2D eigenvalue weighted by Gasteiger charge is -2.29. The third-order valence-corrected chi connectivity index (χ3v) is 5.00. The molecule has 0 spiro atoms. The van der Waals surface area contributed by atoms with Crippen LogP contribution >= 0.6 is 0 Å². The lowest BCUT2D eigenvalue weighted by Crippen LogP contribution is -2.31. The van der Waals surface area contributed by atoms with E-state index in [-0.39, 0.29) is 6.04 Å². The largest absolute Gasteiger partial charge is 0.493 e. The Morgan fingerprint density at radius 1 is 0.929 bits per heavy atom. The quantitative estimate of drug-likeness (QED) is 0.649. The van der Waals surface area contributed by atoms with Crippen LogP contribution in [0.3, 0.4) is 0 Å². The van der Waals surface area contributed by atoms with Crippen molar-refractivity contribution in [2.75, 3.05) is 20.3 Å². The summed E-state index contributed by atoms with van der Waals surface area (Å²) in [5, 5.41) is 3.63. The molecule has 3 aromatic carbocycles. The molecule has 1 aliphatic rings. The topological polar surface area (TPSA) is 39.7 Å². The van der Waals surface area contributed by atoms with Crippen molar-refractivity contribution in [3.8, 4) is 23.0 Å². The molecule has 4 heteroatoms. The first kappa shape index (κ1) is 18.4. The van der Waals surface area contributed by atoms with E-state index in [0.717, 1.165) is 36.0 Å². The molecule has 4 rings (SSSR count). The van der Waals surface area contributed by atoms with E-state index in [2.05, 4.69) is 23.5 Å². The van der Waals surface area contributed by atoms with Gasteiger partial charge in [0.05, 0.1) is 19.8 Å². The minimum Gasteiger partial charge on any atom is -0.493 e. The first-order valence-electron chi connectivity index (χ1n) is 9.69. The summed E-state index contributed by atoms with van der Waals surface area (Å²) < 4.78 is 17.4. The van der Waals surface area contributed by atoms with E-state index in [1.165, 1.54) is 16.7 Å². The Kier molecular flexibility index (Phi) is 5.49. The Hall–Kier alpha value is -2.98. The molecule has 1 heterocycles. The summed E-state index contributed by atoms with van der Waals surface area (Å²) in [6, 6.07) is 22.4. The summed E-state index contributed by atoms with van der Waals surface area (Å²) in [5.41, 5.74) is 3.68. The van der Waals surface area contributed by atoms with Crippen LogP contribution in [-0.4, -0.2) is 20.3 Å². The van der Waals surface area contributed by atoms with Gasteiger partial charge < -0.3 is 19.5 Å². The van der Waals surface area contributed by atoms with Crippen molar-refractivity contribution in [1.82, 2.24) is 5.32 Å². The molecular weight excluding hydrogens is 350 g/mol. The van der Waals surface area contributed by atoms with Crippen LogP contribution in [0.4, 0.5) is 0 Å². The van der Waals surface area contributed by atoms with Crippen LogP contribution < -0.4 is 19.5 Å². The van der Waals surface area contributed by atoms with Gasteiger partial charge in [0.1, 0.15) is 11.5 Å². The molecule has 0 fully saturated rings. The summed E-state index contributed by atoms with van der Waals surface area (Å²) in [4.78, 5) is 0. The zero-order chi connectivity index (χ0) is 19.3. The van der Waals surface area contributed by atoms with Gasteiger partial charge in [-0.3, -0.25) is 0 Å². The zero-order valence-electron chi connectivity index (χ0n) is 16.3. The van der Waals surface area contributed by atoms with E-state index in [4.69, 9.17) is 14.2 Å². The molecule has 0 saturated heterocycles. The molecule has 0 bridgehead atoms. The van der Waals surface area contributed by atoms with Crippen LogP contribution in [0.2, 0.25) is 0 Å². The molecule has 1 unspecified atom stereocenters. The van der Waals surface area contributed by atoms with E-state index in [1.54, 1.807) is 7.11 Å². The molecule has 1 atom stereocenters. The predicted molar refractivity (Wildman–Crippen MR) is 111 cm³/mol. The van der Waals surface area contributed by atoms with Gasteiger partial charge in [0, 0.05) is 12.1 Å².